The van der Waals surface area contributed by atoms with Gasteiger partial charge in [-0.15, -0.1) is 0 Å². The smallest absolute Gasteiger partial charge is 0.281 e. The summed E-state index contributed by atoms with van der Waals surface area (Å²) in [4.78, 5) is 1.58. The van der Waals surface area contributed by atoms with Gasteiger partial charge >= 0.3 is 0 Å². The third-order valence-electron chi connectivity index (χ3n) is 3.71. The van der Waals surface area contributed by atoms with Gasteiger partial charge in [0.15, 0.2) is 0 Å². The predicted octanol–water partition coefficient (Wildman–Crippen LogP) is 2.82. The zero-order chi connectivity index (χ0) is 17.0. The van der Waals surface area contributed by atoms with E-state index in [-0.39, 0.29) is 11.8 Å². The minimum Gasteiger partial charge on any atom is -0.497 e. The average molecular weight is 329 g/mol. The first kappa shape index (κ1) is 18.9. The third-order valence-corrected chi connectivity index (χ3v) is 5.09. The Hall–Kier alpha value is -1.11. The Kier molecular flexibility index (Phi) is 6.40. The lowest BCUT2D eigenvalue weighted by atomic mass is 9.81. The molecule has 1 atom stereocenters. The minimum atomic E-state index is -3.68. The molecule has 22 heavy (non-hydrogen) atoms. The van der Waals surface area contributed by atoms with Gasteiger partial charge in [0, 0.05) is 0 Å². The summed E-state index contributed by atoms with van der Waals surface area (Å²) < 4.78 is 35.7. The molecular weight excluding hydrogens is 302 g/mol. The van der Waals surface area contributed by atoms with E-state index in [1.807, 2.05) is 45.0 Å². The highest BCUT2D eigenvalue weighted by molar-refractivity contribution is 7.86. The van der Waals surface area contributed by atoms with Crippen LogP contribution in [-0.2, 0) is 19.9 Å². The first-order chi connectivity index (χ1) is 10.2. The molecule has 0 amide bonds. The lowest BCUT2D eigenvalue weighted by molar-refractivity contribution is 0.0190. The zero-order valence-electron chi connectivity index (χ0n) is 14.3. The maximum absolute atomic E-state index is 12.4. The molecule has 0 aliphatic carbocycles. The summed E-state index contributed by atoms with van der Waals surface area (Å²) in [5.74, 6) is 0.525. The Labute approximate surface area is 134 Å². The molecule has 5 nitrogen and oxygen atoms in total. The van der Waals surface area contributed by atoms with E-state index < -0.39 is 15.7 Å². The molecule has 1 aromatic rings. The van der Waals surface area contributed by atoms with E-state index in [1.54, 1.807) is 26.1 Å². The highest BCUT2D eigenvalue weighted by Crippen LogP contribution is 2.39. The van der Waals surface area contributed by atoms with Gasteiger partial charge in [-0.3, -0.25) is 9.08 Å². The van der Waals surface area contributed by atoms with Crippen molar-refractivity contribution < 1.29 is 17.3 Å². The Bertz CT molecular complexity index is 584. The van der Waals surface area contributed by atoms with Crippen LogP contribution in [0, 0.1) is 5.92 Å². The molecule has 0 heterocycles. The fourth-order valence-electron chi connectivity index (χ4n) is 2.60. The van der Waals surface area contributed by atoms with Crippen LogP contribution < -0.4 is 4.74 Å². The van der Waals surface area contributed by atoms with Crippen molar-refractivity contribution >= 4 is 10.1 Å². The van der Waals surface area contributed by atoms with Crippen molar-refractivity contribution in [1.29, 1.82) is 0 Å². The highest BCUT2D eigenvalue weighted by atomic mass is 32.2. The van der Waals surface area contributed by atoms with Crippen LogP contribution in [0.1, 0.15) is 32.8 Å². The van der Waals surface area contributed by atoms with Crippen LogP contribution >= 0.6 is 0 Å². The van der Waals surface area contributed by atoms with Crippen LogP contribution in [0.15, 0.2) is 24.3 Å². The van der Waals surface area contributed by atoms with Crippen LogP contribution in [0.2, 0.25) is 0 Å². The van der Waals surface area contributed by atoms with Crippen molar-refractivity contribution in [3.05, 3.63) is 29.8 Å². The minimum absolute atomic E-state index is 0.0125. The quantitative estimate of drug-likeness (QED) is 0.687. The number of methoxy groups -OCH3 is 1. The number of rotatable bonds is 8. The summed E-state index contributed by atoms with van der Waals surface area (Å²) in [7, 11) is 1.32. The summed E-state index contributed by atoms with van der Waals surface area (Å²) in [6.45, 7) is 5.87. The monoisotopic (exact) mass is 329 g/mol. The molecule has 0 radical (unpaired) electrons. The van der Waals surface area contributed by atoms with E-state index in [4.69, 9.17) is 8.92 Å². The first-order valence-corrected chi connectivity index (χ1v) is 8.97. The Morgan fingerprint density at radius 1 is 1.27 bits per heavy atom. The molecule has 0 unspecified atom stereocenters. The largest absolute Gasteiger partial charge is 0.497 e. The maximum atomic E-state index is 12.4. The molecule has 1 rings (SSSR count). The third kappa shape index (κ3) is 4.44. The summed E-state index contributed by atoms with van der Waals surface area (Å²) in [5, 5.41) is 0. The average Bonchev–Trinajstić information content (AvgIpc) is 2.43. The van der Waals surface area contributed by atoms with Gasteiger partial charge in [0.05, 0.1) is 7.11 Å². The Morgan fingerprint density at radius 2 is 1.91 bits per heavy atom. The number of nitrogens with zero attached hydrogens (tertiary/aromatic N) is 1. The van der Waals surface area contributed by atoms with Gasteiger partial charge in [-0.25, -0.2) is 0 Å². The molecule has 0 aliphatic heterocycles. The molecule has 0 N–H and O–H groups in total. The van der Waals surface area contributed by atoms with Crippen molar-refractivity contribution in [2.45, 2.75) is 32.8 Å². The SMILES string of the molecule is CC[C@](OS(=O)(=O)CN(C)C)(c1cccc(OC)c1)C(C)C. The maximum Gasteiger partial charge on any atom is 0.281 e. The number of hydrogen-bond donors (Lipinski definition) is 0. The second-order valence-corrected chi connectivity index (χ2v) is 7.52. The summed E-state index contributed by atoms with van der Waals surface area (Å²) >= 11 is 0. The zero-order valence-corrected chi connectivity index (χ0v) is 15.1. The standard InChI is InChI=1S/C16H27NO4S/c1-7-16(13(2)3,21-22(18,19)12-17(4)5)14-9-8-10-15(11-14)20-6/h8-11,13H,7,12H2,1-6H3/t16-/m1/s1. The van der Waals surface area contributed by atoms with Crippen LogP contribution in [0.3, 0.4) is 0 Å². The number of ether oxygens (including phenoxy) is 1. The summed E-state index contributed by atoms with van der Waals surface area (Å²) in [6.07, 6.45) is 0.546. The topological polar surface area (TPSA) is 55.8 Å². The van der Waals surface area contributed by atoms with Crippen LogP contribution in [-0.4, -0.2) is 40.4 Å². The molecule has 1 aromatic carbocycles. The van der Waals surface area contributed by atoms with E-state index in [0.717, 1.165) is 5.56 Å². The first-order valence-electron chi connectivity index (χ1n) is 7.39. The van der Waals surface area contributed by atoms with Crippen molar-refractivity contribution in [2.24, 2.45) is 5.92 Å². The second kappa shape index (κ2) is 7.44. The predicted molar refractivity (Wildman–Crippen MR) is 88.4 cm³/mol. The van der Waals surface area contributed by atoms with Crippen LogP contribution in [0.25, 0.3) is 0 Å². The molecule has 0 bridgehead atoms. The van der Waals surface area contributed by atoms with Gasteiger partial charge in [-0.2, -0.15) is 8.42 Å². The lowest BCUT2D eigenvalue weighted by Crippen LogP contribution is -2.39. The van der Waals surface area contributed by atoms with Gasteiger partial charge in [0.2, 0.25) is 0 Å². The van der Waals surface area contributed by atoms with E-state index in [9.17, 15) is 8.42 Å². The van der Waals surface area contributed by atoms with Crippen LogP contribution in [0.5, 0.6) is 5.75 Å². The van der Waals surface area contributed by atoms with Gasteiger partial charge in [-0.1, -0.05) is 32.9 Å². The van der Waals surface area contributed by atoms with Gasteiger partial charge in [-0.05, 0) is 44.1 Å². The van der Waals surface area contributed by atoms with Gasteiger partial charge in [0.1, 0.15) is 17.2 Å². The van der Waals surface area contributed by atoms with Crippen LogP contribution in [0.4, 0.5) is 0 Å². The molecule has 0 fully saturated rings. The Morgan fingerprint density at radius 3 is 2.36 bits per heavy atom. The lowest BCUT2D eigenvalue weighted by Gasteiger charge is -2.36. The van der Waals surface area contributed by atoms with E-state index in [2.05, 4.69) is 0 Å². The Balaban J connectivity index is 3.31. The van der Waals surface area contributed by atoms with Crippen molar-refractivity contribution in [1.82, 2.24) is 4.90 Å². The van der Waals surface area contributed by atoms with E-state index >= 15 is 0 Å². The molecule has 0 spiro atoms. The summed E-state index contributed by atoms with van der Waals surface area (Å²) in [5.41, 5.74) is -0.0877. The molecule has 0 saturated carbocycles. The van der Waals surface area contributed by atoms with Crippen molar-refractivity contribution in [3.63, 3.8) is 0 Å². The van der Waals surface area contributed by atoms with Crippen molar-refractivity contribution in [2.75, 3.05) is 27.1 Å². The second-order valence-electron chi connectivity index (χ2n) is 5.98. The fourth-order valence-corrected chi connectivity index (χ4v) is 4.15. The molecule has 6 heteroatoms. The molecular formula is C16H27NO4S. The molecule has 0 saturated heterocycles. The molecule has 126 valence electrons. The van der Waals surface area contributed by atoms with E-state index in [1.165, 1.54) is 0 Å². The van der Waals surface area contributed by atoms with Crippen molar-refractivity contribution in [3.8, 4) is 5.75 Å². The molecule has 0 aliphatic rings. The van der Waals surface area contributed by atoms with Gasteiger partial charge < -0.3 is 4.74 Å². The summed E-state index contributed by atoms with van der Waals surface area (Å²) in [6, 6.07) is 7.41. The van der Waals surface area contributed by atoms with Gasteiger partial charge in [0.25, 0.3) is 10.1 Å². The molecule has 0 aromatic heterocycles. The highest BCUT2D eigenvalue weighted by Gasteiger charge is 2.40. The normalized spacial score (nSPS) is 15.1. The number of benzene rings is 1. The number of hydrogen-bond acceptors (Lipinski definition) is 5. The fraction of sp³-hybridized carbons (Fsp3) is 0.625. The van der Waals surface area contributed by atoms with E-state index in [0.29, 0.717) is 12.2 Å².